The fourth-order valence-electron chi connectivity index (χ4n) is 4.01. The van der Waals surface area contributed by atoms with Gasteiger partial charge in [0.2, 0.25) is 0 Å². The molecule has 2 fully saturated rings. The van der Waals surface area contributed by atoms with Gasteiger partial charge in [0.1, 0.15) is 0 Å². The lowest BCUT2D eigenvalue weighted by Gasteiger charge is -2.42. The molecule has 3 rings (SSSR count). The van der Waals surface area contributed by atoms with Crippen LogP contribution < -0.4 is 5.32 Å². The highest BCUT2D eigenvalue weighted by atomic mass is 16.3. The van der Waals surface area contributed by atoms with Crippen molar-refractivity contribution >= 4 is 5.69 Å². The second-order valence-electron chi connectivity index (χ2n) is 6.17. The number of rotatable bonds is 2. The zero-order valence-electron chi connectivity index (χ0n) is 10.6. The van der Waals surface area contributed by atoms with Crippen molar-refractivity contribution in [1.82, 2.24) is 0 Å². The number of hydrogen-bond donors (Lipinski definition) is 2. The summed E-state index contributed by atoms with van der Waals surface area (Å²) in [6, 6.07) is 10.3. The van der Waals surface area contributed by atoms with Gasteiger partial charge in [-0.15, -0.1) is 0 Å². The third-order valence-corrected chi connectivity index (χ3v) is 5.28. The van der Waals surface area contributed by atoms with Gasteiger partial charge in [-0.25, -0.2) is 0 Å². The van der Waals surface area contributed by atoms with E-state index in [1.54, 1.807) is 0 Å². The Morgan fingerprint density at radius 2 is 1.94 bits per heavy atom. The van der Waals surface area contributed by atoms with E-state index < -0.39 is 0 Å². The number of aliphatic hydroxyl groups is 1. The molecule has 2 saturated carbocycles. The van der Waals surface area contributed by atoms with Crippen LogP contribution in [0.3, 0.4) is 0 Å². The van der Waals surface area contributed by atoms with E-state index >= 15 is 0 Å². The Morgan fingerprint density at radius 1 is 1.24 bits per heavy atom. The summed E-state index contributed by atoms with van der Waals surface area (Å²) in [6.07, 6.45) is 3.06. The summed E-state index contributed by atoms with van der Waals surface area (Å²) in [5.41, 5.74) is 1.18. The molecule has 0 aromatic heterocycles. The van der Waals surface area contributed by atoms with Crippen LogP contribution in [0.2, 0.25) is 0 Å². The minimum Gasteiger partial charge on any atom is -0.391 e. The van der Waals surface area contributed by atoms with Gasteiger partial charge in [-0.3, -0.25) is 0 Å². The average Bonchev–Trinajstić information content (AvgIpc) is 2.64. The Labute approximate surface area is 103 Å². The second kappa shape index (κ2) is 3.49. The Morgan fingerprint density at radius 3 is 2.47 bits per heavy atom. The minimum atomic E-state index is -0.212. The van der Waals surface area contributed by atoms with E-state index in [-0.39, 0.29) is 17.1 Å². The fourth-order valence-corrected chi connectivity index (χ4v) is 4.01. The molecule has 0 amide bonds. The molecule has 1 aromatic rings. The standard InChI is InChI=1S/C15H21NO/c1-14(2)11-8-9-15(14,13(17)10-11)16-12-6-4-3-5-7-12/h3-7,11,13,16-17H,8-10H2,1-2H3. The van der Waals surface area contributed by atoms with E-state index in [9.17, 15) is 5.11 Å². The normalized spacial score (nSPS) is 38.3. The zero-order chi connectivity index (χ0) is 12.1. The molecule has 92 valence electrons. The quantitative estimate of drug-likeness (QED) is 0.820. The third kappa shape index (κ3) is 1.37. The smallest absolute Gasteiger partial charge is 0.0777 e. The molecule has 2 aliphatic rings. The average molecular weight is 231 g/mol. The van der Waals surface area contributed by atoms with E-state index in [0.29, 0.717) is 5.92 Å². The van der Waals surface area contributed by atoms with E-state index in [4.69, 9.17) is 0 Å². The molecule has 2 bridgehead atoms. The first kappa shape index (κ1) is 11.1. The molecule has 1 aromatic carbocycles. The zero-order valence-corrected chi connectivity index (χ0v) is 10.6. The lowest BCUT2D eigenvalue weighted by molar-refractivity contribution is 0.0812. The van der Waals surface area contributed by atoms with Gasteiger partial charge < -0.3 is 10.4 Å². The van der Waals surface area contributed by atoms with E-state index in [2.05, 4.69) is 31.3 Å². The molecule has 3 atom stereocenters. The lowest BCUT2D eigenvalue weighted by atomic mass is 9.75. The Kier molecular flexibility index (Phi) is 2.27. The van der Waals surface area contributed by atoms with E-state index in [0.717, 1.165) is 18.5 Å². The van der Waals surface area contributed by atoms with Crippen LogP contribution in [0.15, 0.2) is 30.3 Å². The van der Waals surface area contributed by atoms with Crippen molar-refractivity contribution in [3.8, 4) is 0 Å². The van der Waals surface area contributed by atoms with Crippen molar-refractivity contribution in [3.05, 3.63) is 30.3 Å². The van der Waals surface area contributed by atoms with Gasteiger partial charge in [-0.05, 0) is 42.7 Å². The second-order valence-corrected chi connectivity index (χ2v) is 6.17. The largest absolute Gasteiger partial charge is 0.391 e. The molecule has 0 radical (unpaired) electrons. The number of aliphatic hydroxyl groups excluding tert-OH is 1. The van der Waals surface area contributed by atoms with Gasteiger partial charge >= 0.3 is 0 Å². The molecule has 2 aliphatic carbocycles. The van der Waals surface area contributed by atoms with Gasteiger partial charge in [-0.1, -0.05) is 32.0 Å². The Bertz CT molecular complexity index is 414. The van der Waals surface area contributed by atoms with Crippen molar-refractivity contribution in [2.24, 2.45) is 11.3 Å². The first-order valence-electron chi connectivity index (χ1n) is 6.57. The molecule has 0 aliphatic heterocycles. The van der Waals surface area contributed by atoms with Crippen molar-refractivity contribution in [3.63, 3.8) is 0 Å². The first-order valence-corrected chi connectivity index (χ1v) is 6.57. The van der Waals surface area contributed by atoms with Crippen LogP contribution in [0.25, 0.3) is 0 Å². The lowest BCUT2D eigenvalue weighted by Crippen LogP contribution is -2.52. The highest BCUT2D eigenvalue weighted by Crippen LogP contribution is 2.61. The maximum atomic E-state index is 10.4. The van der Waals surface area contributed by atoms with E-state index in [1.165, 1.54) is 6.42 Å². The highest BCUT2D eigenvalue weighted by molar-refractivity contribution is 5.48. The number of benzene rings is 1. The van der Waals surface area contributed by atoms with Gasteiger partial charge in [0.15, 0.2) is 0 Å². The van der Waals surface area contributed by atoms with Gasteiger partial charge in [0, 0.05) is 5.69 Å². The molecule has 2 nitrogen and oxygen atoms in total. The van der Waals surface area contributed by atoms with Crippen molar-refractivity contribution in [1.29, 1.82) is 0 Å². The summed E-state index contributed by atoms with van der Waals surface area (Å²) in [4.78, 5) is 0. The summed E-state index contributed by atoms with van der Waals surface area (Å²) in [5, 5.41) is 14.0. The molecule has 0 heterocycles. The van der Waals surface area contributed by atoms with Crippen LogP contribution in [0.1, 0.15) is 33.1 Å². The van der Waals surface area contributed by atoms with Crippen LogP contribution >= 0.6 is 0 Å². The summed E-state index contributed by atoms with van der Waals surface area (Å²) >= 11 is 0. The molecule has 0 saturated heterocycles. The SMILES string of the molecule is CC1(C)C2CCC1(Nc1ccccc1)C(O)C2. The van der Waals surface area contributed by atoms with Crippen LogP contribution in [0.4, 0.5) is 5.69 Å². The van der Waals surface area contributed by atoms with Crippen LogP contribution in [0, 0.1) is 11.3 Å². The Hall–Kier alpha value is -1.02. The van der Waals surface area contributed by atoms with E-state index in [1.807, 2.05) is 18.2 Å². The topological polar surface area (TPSA) is 32.3 Å². The number of fused-ring (bicyclic) bond motifs is 2. The third-order valence-electron chi connectivity index (χ3n) is 5.28. The van der Waals surface area contributed by atoms with Gasteiger partial charge in [0.05, 0.1) is 11.6 Å². The van der Waals surface area contributed by atoms with Gasteiger partial charge in [0.25, 0.3) is 0 Å². The van der Waals surface area contributed by atoms with Crippen molar-refractivity contribution in [2.75, 3.05) is 5.32 Å². The Balaban J connectivity index is 1.95. The molecule has 2 heteroatoms. The maximum absolute atomic E-state index is 10.4. The molecule has 17 heavy (non-hydrogen) atoms. The predicted octanol–water partition coefficient (Wildman–Crippen LogP) is 3.04. The van der Waals surface area contributed by atoms with Crippen LogP contribution in [-0.4, -0.2) is 16.7 Å². The molecule has 3 unspecified atom stereocenters. The van der Waals surface area contributed by atoms with Crippen LogP contribution in [-0.2, 0) is 0 Å². The maximum Gasteiger partial charge on any atom is 0.0777 e. The molecule has 2 N–H and O–H groups in total. The fraction of sp³-hybridized carbons (Fsp3) is 0.600. The monoisotopic (exact) mass is 231 g/mol. The molecule has 0 spiro atoms. The summed E-state index contributed by atoms with van der Waals surface area (Å²) < 4.78 is 0. The van der Waals surface area contributed by atoms with Crippen molar-refractivity contribution in [2.45, 2.75) is 44.8 Å². The summed E-state index contributed by atoms with van der Waals surface area (Å²) in [7, 11) is 0. The molecular formula is C15H21NO. The van der Waals surface area contributed by atoms with Crippen molar-refractivity contribution < 1.29 is 5.11 Å². The van der Waals surface area contributed by atoms with Crippen LogP contribution in [0.5, 0.6) is 0 Å². The highest BCUT2D eigenvalue weighted by Gasteiger charge is 2.63. The number of hydrogen-bond acceptors (Lipinski definition) is 2. The summed E-state index contributed by atoms with van der Waals surface area (Å²) in [6.45, 7) is 4.60. The number of nitrogens with one attached hydrogen (secondary N) is 1. The van der Waals surface area contributed by atoms with Gasteiger partial charge in [-0.2, -0.15) is 0 Å². The minimum absolute atomic E-state index is 0.126. The molecular weight excluding hydrogens is 210 g/mol. The number of anilines is 1. The predicted molar refractivity (Wildman–Crippen MR) is 69.9 cm³/mol. The first-order chi connectivity index (χ1) is 8.06. The number of para-hydroxylation sites is 1. The summed E-state index contributed by atoms with van der Waals surface area (Å²) in [5.74, 6) is 0.661.